The Morgan fingerprint density at radius 3 is 2.42 bits per heavy atom. The average Bonchev–Trinajstić information content (AvgIpc) is 2.46. The minimum Gasteiger partial charge on any atom is -0.491 e. The Morgan fingerprint density at radius 1 is 1.21 bits per heavy atom. The molecule has 1 aromatic carbocycles. The van der Waals surface area contributed by atoms with Gasteiger partial charge in [-0.25, -0.2) is 0 Å². The maximum Gasteiger partial charge on any atom is 0.119 e. The lowest BCUT2D eigenvalue weighted by Gasteiger charge is -2.26. The van der Waals surface area contributed by atoms with Crippen molar-refractivity contribution in [3.8, 4) is 5.75 Å². The van der Waals surface area contributed by atoms with Crippen LogP contribution in [0, 0.1) is 0 Å². The van der Waals surface area contributed by atoms with E-state index in [1.54, 1.807) is 0 Å². The molecule has 0 fully saturated rings. The van der Waals surface area contributed by atoms with Crippen molar-refractivity contribution in [3.63, 3.8) is 0 Å². The molecule has 4 nitrogen and oxygen atoms in total. The lowest BCUT2D eigenvalue weighted by molar-refractivity contribution is 0.0270. The largest absolute Gasteiger partial charge is 0.491 e. The summed E-state index contributed by atoms with van der Waals surface area (Å²) >= 11 is 0. The number of ether oxygens (including phenoxy) is 1. The first-order chi connectivity index (χ1) is 9.09. The zero-order chi connectivity index (χ0) is 14.1. The zero-order valence-corrected chi connectivity index (χ0v) is 11.8. The topological polar surface area (TPSA) is 61.7 Å². The van der Waals surface area contributed by atoms with Gasteiger partial charge in [-0.05, 0) is 25.0 Å². The van der Waals surface area contributed by atoms with Crippen LogP contribution in [-0.2, 0) is 0 Å². The highest BCUT2D eigenvalue weighted by molar-refractivity contribution is 5.20. The van der Waals surface area contributed by atoms with Crippen LogP contribution in [0.15, 0.2) is 30.3 Å². The fourth-order valence-electron chi connectivity index (χ4n) is 1.74. The first kappa shape index (κ1) is 16.0. The van der Waals surface area contributed by atoms with Crippen LogP contribution in [0.4, 0.5) is 0 Å². The Kier molecular flexibility index (Phi) is 6.84. The minimum atomic E-state index is -0.681. The van der Waals surface area contributed by atoms with E-state index in [-0.39, 0.29) is 6.61 Å². The van der Waals surface area contributed by atoms with Gasteiger partial charge in [-0.15, -0.1) is 0 Å². The second kappa shape index (κ2) is 8.15. The third-order valence-electron chi connectivity index (χ3n) is 3.34. The van der Waals surface area contributed by atoms with E-state index in [1.165, 1.54) is 0 Å². The Bertz CT molecular complexity index is 339. The molecule has 0 aliphatic rings. The van der Waals surface area contributed by atoms with Crippen molar-refractivity contribution in [3.05, 3.63) is 30.3 Å². The first-order valence-electron chi connectivity index (χ1n) is 6.88. The normalized spacial score (nSPS) is 13.3. The summed E-state index contributed by atoms with van der Waals surface area (Å²) in [5.74, 6) is 0.750. The van der Waals surface area contributed by atoms with E-state index in [4.69, 9.17) is 4.74 Å². The van der Waals surface area contributed by atoms with Crippen molar-refractivity contribution in [2.45, 2.75) is 38.4 Å². The SMILES string of the molecule is CCC(O)(CC)CNCC(O)COc1ccccc1. The van der Waals surface area contributed by atoms with Gasteiger partial charge in [0.15, 0.2) is 0 Å². The number of aliphatic hydroxyl groups excluding tert-OH is 1. The Labute approximate surface area is 115 Å². The summed E-state index contributed by atoms with van der Waals surface area (Å²) in [6.45, 7) is 5.06. The molecule has 0 bridgehead atoms. The van der Waals surface area contributed by atoms with Gasteiger partial charge in [0.25, 0.3) is 0 Å². The minimum absolute atomic E-state index is 0.244. The van der Waals surface area contributed by atoms with Crippen LogP contribution < -0.4 is 10.1 Å². The van der Waals surface area contributed by atoms with Gasteiger partial charge in [0.2, 0.25) is 0 Å². The molecule has 3 N–H and O–H groups in total. The third-order valence-corrected chi connectivity index (χ3v) is 3.34. The quantitative estimate of drug-likeness (QED) is 0.635. The molecular formula is C15H25NO3. The molecule has 0 saturated heterocycles. The molecule has 1 atom stereocenters. The van der Waals surface area contributed by atoms with E-state index in [0.717, 1.165) is 5.75 Å². The van der Waals surface area contributed by atoms with Crippen molar-refractivity contribution in [1.29, 1.82) is 0 Å². The molecule has 19 heavy (non-hydrogen) atoms. The van der Waals surface area contributed by atoms with Crippen molar-refractivity contribution in [2.75, 3.05) is 19.7 Å². The molecule has 0 saturated carbocycles. The summed E-state index contributed by atoms with van der Waals surface area (Å²) in [6, 6.07) is 9.41. The average molecular weight is 267 g/mol. The number of nitrogens with one attached hydrogen (secondary N) is 1. The zero-order valence-electron chi connectivity index (χ0n) is 11.8. The standard InChI is InChI=1S/C15H25NO3/c1-3-15(18,4-2)12-16-10-13(17)11-19-14-8-6-5-7-9-14/h5-9,13,16-18H,3-4,10-12H2,1-2H3. The Hall–Kier alpha value is -1.10. The van der Waals surface area contributed by atoms with Crippen molar-refractivity contribution in [2.24, 2.45) is 0 Å². The second-order valence-corrected chi connectivity index (χ2v) is 4.84. The number of rotatable bonds is 9. The van der Waals surface area contributed by atoms with E-state index < -0.39 is 11.7 Å². The fraction of sp³-hybridized carbons (Fsp3) is 0.600. The monoisotopic (exact) mass is 267 g/mol. The highest BCUT2D eigenvalue weighted by Crippen LogP contribution is 2.12. The van der Waals surface area contributed by atoms with Crippen LogP contribution >= 0.6 is 0 Å². The molecular weight excluding hydrogens is 242 g/mol. The van der Waals surface area contributed by atoms with Crippen LogP contribution in [0.3, 0.4) is 0 Å². The highest BCUT2D eigenvalue weighted by Gasteiger charge is 2.21. The van der Waals surface area contributed by atoms with E-state index >= 15 is 0 Å². The highest BCUT2D eigenvalue weighted by atomic mass is 16.5. The Balaban J connectivity index is 2.20. The van der Waals surface area contributed by atoms with Gasteiger partial charge in [-0.2, -0.15) is 0 Å². The summed E-state index contributed by atoms with van der Waals surface area (Å²) < 4.78 is 5.45. The molecule has 0 heterocycles. The molecule has 1 unspecified atom stereocenters. The van der Waals surface area contributed by atoms with Crippen LogP contribution in [0.1, 0.15) is 26.7 Å². The molecule has 0 aromatic heterocycles. The van der Waals surface area contributed by atoms with Gasteiger partial charge in [0, 0.05) is 13.1 Å². The smallest absolute Gasteiger partial charge is 0.119 e. The predicted molar refractivity (Wildman–Crippen MR) is 76.3 cm³/mol. The molecule has 108 valence electrons. The summed E-state index contributed by atoms with van der Waals surface area (Å²) in [5.41, 5.74) is -0.681. The summed E-state index contributed by atoms with van der Waals surface area (Å²) in [4.78, 5) is 0. The van der Waals surface area contributed by atoms with Crippen LogP contribution in [0.2, 0.25) is 0 Å². The lowest BCUT2D eigenvalue weighted by atomic mass is 9.97. The number of aliphatic hydroxyl groups is 2. The first-order valence-corrected chi connectivity index (χ1v) is 6.88. The lowest BCUT2D eigenvalue weighted by Crippen LogP contribution is -2.43. The van der Waals surface area contributed by atoms with Crippen molar-refractivity contribution < 1.29 is 14.9 Å². The summed E-state index contributed by atoms with van der Waals surface area (Å²) in [6.07, 6.45) is 0.818. The van der Waals surface area contributed by atoms with Gasteiger partial charge in [-0.1, -0.05) is 32.0 Å². The molecule has 0 spiro atoms. The molecule has 0 aliphatic carbocycles. The van der Waals surface area contributed by atoms with Gasteiger partial charge in [0.1, 0.15) is 18.5 Å². The molecule has 0 amide bonds. The summed E-state index contributed by atoms with van der Waals surface area (Å²) in [7, 11) is 0. The van der Waals surface area contributed by atoms with Gasteiger partial charge in [0.05, 0.1) is 5.60 Å². The van der Waals surface area contributed by atoms with Crippen LogP contribution in [0.25, 0.3) is 0 Å². The Morgan fingerprint density at radius 2 is 1.84 bits per heavy atom. The molecule has 0 aliphatic heterocycles. The molecule has 1 rings (SSSR count). The molecule has 4 heteroatoms. The van der Waals surface area contributed by atoms with Gasteiger partial charge < -0.3 is 20.3 Å². The maximum atomic E-state index is 10.1. The van der Waals surface area contributed by atoms with Gasteiger partial charge >= 0.3 is 0 Å². The number of hydrogen-bond donors (Lipinski definition) is 3. The number of hydrogen-bond acceptors (Lipinski definition) is 4. The van der Waals surface area contributed by atoms with E-state index in [2.05, 4.69) is 5.32 Å². The van der Waals surface area contributed by atoms with Crippen molar-refractivity contribution >= 4 is 0 Å². The van der Waals surface area contributed by atoms with Crippen molar-refractivity contribution in [1.82, 2.24) is 5.32 Å². The second-order valence-electron chi connectivity index (χ2n) is 4.84. The number of benzene rings is 1. The maximum absolute atomic E-state index is 10.1. The third kappa shape index (κ3) is 6.05. The number of para-hydroxylation sites is 1. The van der Waals surface area contributed by atoms with Crippen LogP contribution in [-0.4, -0.2) is 41.6 Å². The van der Waals surface area contributed by atoms with E-state index in [1.807, 2.05) is 44.2 Å². The summed E-state index contributed by atoms with van der Waals surface area (Å²) in [5, 5.41) is 22.9. The van der Waals surface area contributed by atoms with Gasteiger partial charge in [-0.3, -0.25) is 0 Å². The van der Waals surface area contributed by atoms with Crippen LogP contribution in [0.5, 0.6) is 5.75 Å². The fourth-order valence-corrected chi connectivity index (χ4v) is 1.74. The van der Waals surface area contributed by atoms with E-state index in [9.17, 15) is 10.2 Å². The van der Waals surface area contributed by atoms with E-state index in [0.29, 0.717) is 25.9 Å². The predicted octanol–water partition coefficient (Wildman–Crippen LogP) is 1.57. The molecule has 1 aromatic rings. The molecule has 0 radical (unpaired) electrons.